The van der Waals surface area contributed by atoms with E-state index >= 15 is 0 Å². The Hall–Kier alpha value is -4.13. The Labute approximate surface area is 221 Å². The van der Waals surface area contributed by atoms with E-state index in [-0.39, 0.29) is 31.3 Å². The maximum absolute atomic E-state index is 13.2. The second kappa shape index (κ2) is 14.0. The molecule has 4 atom stereocenters. The standard InChI is InChI=1S/C25H38N8O5/c1-13(2)20(23(36)31-14(3)24(37)38)33-22(35)19(9-6-10-29-25(27)28)32-21(34)17(26)11-15-12-30-18-8-5-4-7-16(15)18/h4-5,7-8,12-14,17,19-20,30H,6,9-11,26H2,1-3H3,(H,31,36)(H,32,34)(H,33,35)(H,37,38)(H4,27,28,29). The van der Waals surface area contributed by atoms with Gasteiger partial charge in [-0.15, -0.1) is 0 Å². The van der Waals surface area contributed by atoms with Gasteiger partial charge in [0.1, 0.15) is 18.1 Å². The Morgan fingerprint density at radius 3 is 2.32 bits per heavy atom. The van der Waals surface area contributed by atoms with Crippen molar-refractivity contribution < 1.29 is 24.3 Å². The highest BCUT2D eigenvalue weighted by Gasteiger charge is 2.31. The normalized spacial score (nSPS) is 14.2. The van der Waals surface area contributed by atoms with Crippen LogP contribution >= 0.6 is 0 Å². The number of rotatable bonds is 14. The molecule has 1 aromatic heterocycles. The highest BCUT2D eigenvalue weighted by Crippen LogP contribution is 2.19. The summed E-state index contributed by atoms with van der Waals surface area (Å²) in [4.78, 5) is 57.0. The van der Waals surface area contributed by atoms with Crippen LogP contribution in [0.5, 0.6) is 0 Å². The quantitative estimate of drug-likeness (QED) is 0.0882. The van der Waals surface area contributed by atoms with Crippen LogP contribution in [0.25, 0.3) is 10.9 Å². The number of hydrogen-bond donors (Lipinski definition) is 8. The summed E-state index contributed by atoms with van der Waals surface area (Å²) in [7, 11) is 0. The number of guanidine groups is 1. The summed E-state index contributed by atoms with van der Waals surface area (Å²) in [5.41, 5.74) is 18.7. The fourth-order valence-corrected chi connectivity index (χ4v) is 3.83. The van der Waals surface area contributed by atoms with Crippen molar-refractivity contribution in [2.75, 3.05) is 6.54 Å². The number of aromatic nitrogens is 1. The van der Waals surface area contributed by atoms with Gasteiger partial charge in [0.25, 0.3) is 0 Å². The van der Waals surface area contributed by atoms with E-state index in [1.54, 1.807) is 20.0 Å². The average Bonchev–Trinajstić information content (AvgIpc) is 3.26. The maximum atomic E-state index is 13.2. The van der Waals surface area contributed by atoms with E-state index in [4.69, 9.17) is 22.3 Å². The lowest BCUT2D eigenvalue weighted by Gasteiger charge is -2.26. The van der Waals surface area contributed by atoms with Crippen molar-refractivity contribution in [1.82, 2.24) is 20.9 Å². The number of para-hydroxylation sites is 1. The zero-order chi connectivity index (χ0) is 28.4. The summed E-state index contributed by atoms with van der Waals surface area (Å²) in [6.45, 7) is 4.97. The smallest absolute Gasteiger partial charge is 0.325 e. The van der Waals surface area contributed by atoms with Gasteiger partial charge in [-0.05, 0) is 43.7 Å². The molecule has 13 heteroatoms. The molecule has 208 valence electrons. The monoisotopic (exact) mass is 530 g/mol. The molecule has 1 aromatic carbocycles. The summed E-state index contributed by atoms with van der Waals surface area (Å²) in [5.74, 6) is -3.46. The van der Waals surface area contributed by atoms with Crippen molar-refractivity contribution in [3.05, 3.63) is 36.0 Å². The number of carbonyl (C=O) groups is 4. The molecule has 0 aliphatic heterocycles. The van der Waals surface area contributed by atoms with E-state index in [0.29, 0.717) is 6.42 Å². The number of benzene rings is 1. The minimum atomic E-state index is -1.21. The number of hydrogen-bond acceptors (Lipinski definition) is 6. The molecule has 13 nitrogen and oxygen atoms in total. The zero-order valence-electron chi connectivity index (χ0n) is 21.9. The summed E-state index contributed by atoms with van der Waals surface area (Å²) in [5, 5.41) is 17.7. The molecule has 0 aliphatic rings. The number of fused-ring (bicyclic) bond motifs is 1. The lowest BCUT2D eigenvalue weighted by atomic mass is 10.0. The summed E-state index contributed by atoms with van der Waals surface area (Å²) < 4.78 is 0. The van der Waals surface area contributed by atoms with Gasteiger partial charge in [0.2, 0.25) is 17.7 Å². The lowest BCUT2D eigenvalue weighted by Crippen LogP contribution is -2.58. The number of aliphatic imine (C=N–C) groups is 1. The molecule has 0 bridgehead atoms. The van der Waals surface area contributed by atoms with Gasteiger partial charge in [-0.3, -0.25) is 24.2 Å². The van der Waals surface area contributed by atoms with Gasteiger partial charge in [-0.1, -0.05) is 32.0 Å². The molecule has 2 aromatic rings. The molecular weight excluding hydrogens is 492 g/mol. The summed E-state index contributed by atoms with van der Waals surface area (Å²) in [6, 6.07) is 3.49. The minimum absolute atomic E-state index is 0.0973. The van der Waals surface area contributed by atoms with Crippen molar-refractivity contribution >= 4 is 40.6 Å². The van der Waals surface area contributed by atoms with E-state index in [1.807, 2.05) is 24.3 Å². The van der Waals surface area contributed by atoms with Gasteiger partial charge in [-0.2, -0.15) is 0 Å². The highest BCUT2D eigenvalue weighted by molar-refractivity contribution is 5.94. The van der Waals surface area contributed by atoms with Gasteiger partial charge in [0.15, 0.2) is 5.96 Å². The van der Waals surface area contributed by atoms with Crippen molar-refractivity contribution in [2.24, 2.45) is 28.1 Å². The second-order valence-electron chi connectivity index (χ2n) is 9.48. The average molecular weight is 531 g/mol. The number of nitrogens with zero attached hydrogens (tertiary/aromatic N) is 1. The van der Waals surface area contributed by atoms with Gasteiger partial charge < -0.3 is 43.2 Å². The molecule has 0 aliphatic carbocycles. The van der Waals surface area contributed by atoms with E-state index in [0.717, 1.165) is 16.5 Å². The van der Waals surface area contributed by atoms with Crippen molar-refractivity contribution in [2.45, 2.75) is 64.2 Å². The van der Waals surface area contributed by atoms with E-state index < -0.39 is 47.9 Å². The molecule has 1 heterocycles. The molecule has 0 spiro atoms. The number of carboxylic acid groups (broad SMARTS) is 1. The van der Waals surface area contributed by atoms with Gasteiger partial charge >= 0.3 is 5.97 Å². The Morgan fingerprint density at radius 1 is 1.00 bits per heavy atom. The van der Waals surface area contributed by atoms with E-state index in [2.05, 4.69) is 25.9 Å². The molecule has 11 N–H and O–H groups in total. The van der Waals surface area contributed by atoms with Crippen molar-refractivity contribution in [3.63, 3.8) is 0 Å². The Morgan fingerprint density at radius 2 is 1.68 bits per heavy atom. The predicted octanol–water partition coefficient (Wildman–Crippen LogP) is -0.694. The van der Waals surface area contributed by atoms with Crippen LogP contribution in [0.3, 0.4) is 0 Å². The van der Waals surface area contributed by atoms with Crippen LogP contribution in [0.4, 0.5) is 0 Å². The first-order chi connectivity index (χ1) is 17.9. The highest BCUT2D eigenvalue weighted by atomic mass is 16.4. The maximum Gasteiger partial charge on any atom is 0.325 e. The summed E-state index contributed by atoms with van der Waals surface area (Å²) >= 11 is 0. The van der Waals surface area contributed by atoms with Crippen LogP contribution in [-0.2, 0) is 25.6 Å². The van der Waals surface area contributed by atoms with Crippen molar-refractivity contribution in [3.8, 4) is 0 Å². The van der Waals surface area contributed by atoms with Crippen LogP contribution in [0.1, 0.15) is 39.2 Å². The van der Waals surface area contributed by atoms with Crippen LogP contribution in [0.2, 0.25) is 0 Å². The Kier molecular flexibility index (Phi) is 11.1. The Bertz CT molecular complexity index is 1160. The largest absolute Gasteiger partial charge is 0.480 e. The Balaban J connectivity index is 2.13. The van der Waals surface area contributed by atoms with Gasteiger partial charge in [0, 0.05) is 23.6 Å². The number of carboxylic acids is 1. The number of nitrogens with one attached hydrogen (secondary N) is 4. The minimum Gasteiger partial charge on any atom is -0.480 e. The van der Waals surface area contributed by atoms with Crippen LogP contribution < -0.4 is 33.2 Å². The number of aliphatic carboxylic acids is 1. The fourth-order valence-electron chi connectivity index (χ4n) is 3.83. The van der Waals surface area contributed by atoms with Crippen molar-refractivity contribution in [1.29, 1.82) is 0 Å². The first-order valence-electron chi connectivity index (χ1n) is 12.4. The molecule has 0 fully saturated rings. The molecule has 3 amide bonds. The van der Waals surface area contributed by atoms with E-state index in [9.17, 15) is 19.2 Å². The summed E-state index contributed by atoms with van der Waals surface area (Å²) in [6.07, 6.45) is 2.57. The lowest BCUT2D eigenvalue weighted by molar-refractivity contribution is -0.142. The third kappa shape index (κ3) is 8.76. The van der Waals surface area contributed by atoms with Crippen LogP contribution in [-0.4, -0.2) is 70.5 Å². The second-order valence-corrected chi connectivity index (χ2v) is 9.48. The molecule has 38 heavy (non-hydrogen) atoms. The molecule has 4 unspecified atom stereocenters. The van der Waals surface area contributed by atoms with Crippen LogP contribution in [0.15, 0.2) is 35.5 Å². The topological polar surface area (TPSA) is 231 Å². The fraction of sp³-hybridized carbons (Fsp3) is 0.480. The molecule has 2 rings (SSSR count). The zero-order valence-corrected chi connectivity index (χ0v) is 21.9. The van der Waals surface area contributed by atoms with E-state index in [1.165, 1.54) is 6.92 Å². The van der Waals surface area contributed by atoms with Gasteiger partial charge in [0.05, 0.1) is 6.04 Å². The van der Waals surface area contributed by atoms with Crippen LogP contribution in [0, 0.1) is 5.92 Å². The predicted molar refractivity (Wildman–Crippen MR) is 144 cm³/mol. The third-order valence-corrected chi connectivity index (χ3v) is 6.01. The SMILES string of the molecule is CC(NC(=O)C(NC(=O)C(CCCN=C(N)N)NC(=O)C(N)Cc1c[nH]c2ccccc12)C(C)C)C(=O)O. The number of carbonyl (C=O) groups excluding carboxylic acids is 3. The molecule has 0 radical (unpaired) electrons. The molecule has 0 saturated heterocycles. The first kappa shape index (κ1) is 30.1. The molecule has 0 saturated carbocycles. The number of H-pyrrole nitrogens is 1. The third-order valence-electron chi connectivity index (χ3n) is 6.01. The van der Waals surface area contributed by atoms with Gasteiger partial charge in [-0.25, -0.2) is 0 Å². The number of aromatic amines is 1. The number of amides is 3. The first-order valence-corrected chi connectivity index (χ1v) is 12.4. The molecular formula is C25H38N8O5. The number of nitrogens with two attached hydrogens (primary N) is 3.